The van der Waals surface area contributed by atoms with Gasteiger partial charge in [-0.2, -0.15) is 0 Å². The van der Waals surface area contributed by atoms with Crippen LogP contribution in [0.4, 0.5) is 0 Å². The number of hydrogen-bond acceptors (Lipinski definition) is 3. The number of ether oxygens (including phenoxy) is 2. The van der Waals surface area contributed by atoms with Gasteiger partial charge in [0.25, 0.3) is 0 Å². The third-order valence-corrected chi connectivity index (χ3v) is 6.50. The lowest BCUT2D eigenvalue weighted by molar-refractivity contribution is -0.174. The molecule has 3 unspecified atom stereocenters. The van der Waals surface area contributed by atoms with E-state index in [1.54, 1.807) is 0 Å². The first-order valence-corrected chi connectivity index (χ1v) is 7.93. The number of carbonyl (C=O) groups is 1. The highest BCUT2D eigenvalue weighted by molar-refractivity contribution is 5.75. The fourth-order valence-electron chi connectivity index (χ4n) is 3.90. The third-order valence-electron chi connectivity index (χ3n) is 6.50. The van der Waals surface area contributed by atoms with E-state index in [1.807, 2.05) is 20.8 Å². The second kappa shape index (κ2) is 5.01. The minimum atomic E-state index is -0.413. The molecule has 3 nitrogen and oxygen atoms in total. The predicted molar refractivity (Wildman–Crippen MR) is 79.1 cm³/mol. The summed E-state index contributed by atoms with van der Waals surface area (Å²) in [6, 6.07) is 0. The Kier molecular flexibility index (Phi) is 3.96. The smallest absolute Gasteiger partial charge is 0.313 e. The average Bonchev–Trinajstić information content (AvgIpc) is 2.70. The van der Waals surface area contributed by atoms with Gasteiger partial charge in [-0.1, -0.05) is 27.7 Å². The van der Waals surface area contributed by atoms with E-state index in [0.717, 1.165) is 12.8 Å². The first-order chi connectivity index (χ1) is 9.14. The minimum Gasteiger partial charge on any atom is -0.438 e. The molecule has 0 aliphatic heterocycles. The Labute approximate surface area is 123 Å². The molecule has 0 aromatic rings. The lowest BCUT2D eigenvalue weighted by Gasteiger charge is -2.33. The van der Waals surface area contributed by atoms with Crippen molar-refractivity contribution < 1.29 is 14.3 Å². The maximum absolute atomic E-state index is 11.9. The Hall–Kier alpha value is -0.570. The van der Waals surface area contributed by atoms with Gasteiger partial charge in [0, 0.05) is 0 Å². The van der Waals surface area contributed by atoms with Gasteiger partial charge in [-0.05, 0) is 56.3 Å². The van der Waals surface area contributed by atoms with Gasteiger partial charge in [-0.3, -0.25) is 4.79 Å². The summed E-state index contributed by atoms with van der Waals surface area (Å²) in [5.41, 5.74) is 0.308. The van der Waals surface area contributed by atoms with E-state index in [-0.39, 0.29) is 18.9 Å². The second-order valence-corrected chi connectivity index (χ2v) is 8.12. The van der Waals surface area contributed by atoms with E-state index in [0.29, 0.717) is 16.7 Å². The van der Waals surface area contributed by atoms with Gasteiger partial charge < -0.3 is 9.47 Å². The summed E-state index contributed by atoms with van der Waals surface area (Å²) in [5.74, 6) is 0.444. The molecule has 0 radical (unpaired) electrons. The highest BCUT2D eigenvalue weighted by atomic mass is 16.7. The van der Waals surface area contributed by atoms with E-state index in [9.17, 15) is 4.79 Å². The van der Waals surface area contributed by atoms with Gasteiger partial charge in [0.15, 0.2) is 6.79 Å². The van der Waals surface area contributed by atoms with Crippen LogP contribution in [0.1, 0.15) is 67.2 Å². The summed E-state index contributed by atoms with van der Waals surface area (Å²) in [6.07, 6.45) is 4.67. The van der Waals surface area contributed by atoms with Crippen molar-refractivity contribution in [2.45, 2.75) is 73.3 Å². The zero-order chi connectivity index (χ0) is 15.2. The molecule has 3 atom stereocenters. The van der Waals surface area contributed by atoms with Crippen LogP contribution in [0.3, 0.4) is 0 Å². The summed E-state index contributed by atoms with van der Waals surface area (Å²) in [7, 11) is 0. The van der Waals surface area contributed by atoms with E-state index in [1.165, 1.54) is 12.8 Å². The van der Waals surface area contributed by atoms with Crippen LogP contribution >= 0.6 is 0 Å². The van der Waals surface area contributed by atoms with Crippen molar-refractivity contribution in [2.75, 3.05) is 6.79 Å². The van der Waals surface area contributed by atoms with Crippen molar-refractivity contribution in [1.29, 1.82) is 0 Å². The molecule has 0 N–H and O–H groups in total. The molecule has 2 aliphatic rings. The lowest BCUT2D eigenvalue weighted by atomic mass is 9.71. The fraction of sp³-hybridized carbons (Fsp3) is 0.941. The van der Waals surface area contributed by atoms with E-state index in [2.05, 4.69) is 20.8 Å². The van der Waals surface area contributed by atoms with Crippen LogP contribution in [0, 0.1) is 22.2 Å². The monoisotopic (exact) mass is 282 g/mol. The van der Waals surface area contributed by atoms with Crippen LogP contribution in [0.25, 0.3) is 0 Å². The number of esters is 1. The standard InChI is InChI=1S/C17H30O3/c1-7-15(2,3)14(18)20-11-19-13-10-17(6)9-8-12(13)16(17,4)5/h12-13H,7-11H2,1-6H3. The van der Waals surface area contributed by atoms with Gasteiger partial charge in [-0.15, -0.1) is 0 Å². The number of fused-ring (bicyclic) bond motifs is 2. The maximum atomic E-state index is 11.9. The molecule has 2 fully saturated rings. The van der Waals surface area contributed by atoms with Crippen LogP contribution < -0.4 is 0 Å². The van der Waals surface area contributed by atoms with Crippen LogP contribution in [0.5, 0.6) is 0 Å². The number of rotatable bonds is 5. The minimum absolute atomic E-state index is 0.107. The average molecular weight is 282 g/mol. The Balaban J connectivity index is 1.84. The summed E-state index contributed by atoms with van der Waals surface area (Å²) < 4.78 is 11.2. The normalized spacial score (nSPS) is 35.3. The highest BCUT2D eigenvalue weighted by Gasteiger charge is 2.60. The first kappa shape index (κ1) is 15.8. The van der Waals surface area contributed by atoms with Crippen molar-refractivity contribution in [3.63, 3.8) is 0 Å². The van der Waals surface area contributed by atoms with Gasteiger partial charge in [0.1, 0.15) is 0 Å². The third kappa shape index (κ3) is 2.38. The topological polar surface area (TPSA) is 35.5 Å². The van der Waals surface area contributed by atoms with Gasteiger partial charge in [0.2, 0.25) is 0 Å². The van der Waals surface area contributed by atoms with Crippen LogP contribution in [-0.4, -0.2) is 18.9 Å². The zero-order valence-electron chi connectivity index (χ0n) is 13.9. The van der Waals surface area contributed by atoms with Crippen LogP contribution in [0.2, 0.25) is 0 Å². The Morgan fingerprint density at radius 2 is 1.95 bits per heavy atom. The molecule has 0 aromatic carbocycles. The Morgan fingerprint density at radius 1 is 1.30 bits per heavy atom. The van der Waals surface area contributed by atoms with Crippen molar-refractivity contribution >= 4 is 5.97 Å². The summed E-state index contributed by atoms with van der Waals surface area (Å²) >= 11 is 0. The summed E-state index contributed by atoms with van der Waals surface area (Å²) in [5, 5.41) is 0. The lowest BCUT2D eigenvalue weighted by Crippen LogP contribution is -2.30. The molecule has 0 spiro atoms. The molecule has 0 aromatic heterocycles. The molecular weight excluding hydrogens is 252 g/mol. The molecule has 0 saturated heterocycles. The molecule has 2 bridgehead atoms. The SMILES string of the molecule is CCC(C)(C)C(=O)OCOC1CC2(C)CCC1C2(C)C. The zero-order valence-corrected chi connectivity index (χ0v) is 13.9. The molecule has 0 heterocycles. The van der Waals surface area contributed by atoms with E-state index < -0.39 is 5.41 Å². The molecule has 3 heteroatoms. The predicted octanol–water partition coefficient (Wildman–Crippen LogP) is 4.15. The van der Waals surface area contributed by atoms with Crippen LogP contribution in [0.15, 0.2) is 0 Å². The molecule has 0 amide bonds. The Morgan fingerprint density at radius 3 is 2.40 bits per heavy atom. The van der Waals surface area contributed by atoms with Gasteiger partial charge in [0.05, 0.1) is 11.5 Å². The molecule has 2 aliphatic carbocycles. The highest BCUT2D eigenvalue weighted by Crippen LogP contribution is 2.66. The van der Waals surface area contributed by atoms with E-state index >= 15 is 0 Å². The van der Waals surface area contributed by atoms with Crippen molar-refractivity contribution in [3.8, 4) is 0 Å². The number of carbonyl (C=O) groups excluding carboxylic acids is 1. The Bertz CT molecular complexity index is 383. The molecule has 2 rings (SSSR count). The molecule has 20 heavy (non-hydrogen) atoms. The summed E-state index contributed by atoms with van der Waals surface area (Å²) in [4.78, 5) is 11.9. The van der Waals surface area contributed by atoms with Crippen molar-refractivity contribution in [3.05, 3.63) is 0 Å². The van der Waals surface area contributed by atoms with E-state index in [4.69, 9.17) is 9.47 Å². The first-order valence-electron chi connectivity index (χ1n) is 7.93. The maximum Gasteiger partial charge on any atom is 0.313 e. The summed E-state index contributed by atoms with van der Waals surface area (Å²) in [6.45, 7) is 13.0. The van der Waals surface area contributed by atoms with Gasteiger partial charge >= 0.3 is 5.97 Å². The van der Waals surface area contributed by atoms with Crippen LogP contribution in [-0.2, 0) is 14.3 Å². The quantitative estimate of drug-likeness (QED) is 0.561. The second-order valence-electron chi connectivity index (χ2n) is 8.12. The molecule has 2 saturated carbocycles. The fourth-order valence-corrected chi connectivity index (χ4v) is 3.90. The molecular formula is C17H30O3. The largest absolute Gasteiger partial charge is 0.438 e. The van der Waals surface area contributed by atoms with Crippen molar-refractivity contribution in [2.24, 2.45) is 22.2 Å². The number of hydrogen-bond donors (Lipinski definition) is 0. The van der Waals surface area contributed by atoms with Gasteiger partial charge in [-0.25, -0.2) is 0 Å². The molecule has 116 valence electrons. The van der Waals surface area contributed by atoms with Crippen molar-refractivity contribution in [1.82, 2.24) is 0 Å².